The molecule has 4 aliphatic rings. The quantitative estimate of drug-likeness (QED) is 0.0491. The Labute approximate surface area is 471 Å². The molecule has 67 heavy (non-hydrogen) atoms. The first-order valence-corrected chi connectivity index (χ1v) is 23.0. The average Bonchev–Trinajstić information content (AvgIpc) is 4.20. The average molecular weight is 1110 g/mol. The number of nitrogens with two attached hydrogens (primary N) is 3. The maximum absolute atomic E-state index is 10.1. The Morgan fingerprint density at radius 1 is 0.701 bits per heavy atom. The standard InChI is InChI=1S/2C11H11ClN2.C11H13N3.C6H8.C5H4ClIN2.C4H9O.CH3F.2CH4.K/c1-11(2-3-11)9-4-7-5-10(12)13-6-8(7)14-9;1-11(4-5-11)3-2-8-6-10(12)14-7-9(8)13;1-11(2-3-11)9-4-7-5-10(12)13-6-8(7)14-9;1-3-6(2)4-5-6;6-5-1-3(7)4(8)2-9-5;1-4(2,3)5;1-2;;;/h4-6,14H,2-3H2,1H3;6-7H,4-5,13H2,1H3;4-6,14H,2-3H2,1H3,(H2,12,13);1H,4-5H2,2H3;1-2H,8H2;1-3H3;1H3;2*1H4;/q;;;;;-1;;;;+1/i;;;;;;1D;;;. The van der Waals surface area contributed by atoms with Crippen molar-refractivity contribution in [2.45, 2.75) is 131 Å². The van der Waals surface area contributed by atoms with Crippen molar-refractivity contribution in [1.29, 1.82) is 0 Å². The summed E-state index contributed by atoms with van der Waals surface area (Å²) in [6.07, 6.45) is 21.8. The molecule has 0 amide bonds. The first-order valence-electron chi connectivity index (χ1n) is 21.5. The van der Waals surface area contributed by atoms with Crippen LogP contribution in [-0.2, 0) is 10.8 Å². The second-order valence-electron chi connectivity index (χ2n) is 18.5. The van der Waals surface area contributed by atoms with Crippen LogP contribution >= 0.6 is 57.4 Å². The molecule has 6 aromatic heterocycles. The molecule has 0 radical (unpaired) electrons. The molecule has 4 fully saturated rings. The van der Waals surface area contributed by atoms with Crippen LogP contribution in [0.3, 0.4) is 0 Å². The number of nitrogens with one attached hydrogen (secondary N) is 2. The summed E-state index contributed by atoms with van der Waals surface area (Å²) < 4.78 is 16.4. The Morgan fingerprint density at radius 3 is 1.51 bits per heavy atom. The zero-order valence-corrected chi connectivity index (χ0v) is 46.1. The van der Waals surface area contributed by atoms with Crippen LogP contribution in [0, 0.1) is 38.6 Å². The van der Waals surface area contributed by atoms with E-state index >= 15 is 0 Å². The fourth-order valence-electron chi connectivity index (χ4n) is 5.45. The number of aromatic amines is 2. The van der Waals surface area contributed by atoms with Crippen molar-refractivity contribution in [3.63, 3.8) is 0 Å². The van der Waals surface area contributed by atoms with Gasteiger partial charge in [-0.25, -0.2) is 19.9 Å². The molecule has 0 aromatic carbocycles. The summed E-state index contributed by atoms with van der Waals surface area (Å²) in [5.74, 6) is 9.56. The van der Waals surface area contributed by atoms with E-state index in [1.54, 1.807) is 57.7 Å². The number of terminal acetylenes is 1. The second-order valence-corrected chi connectivity index (χ2v) is 20.9. The summed E-state index contributed by atoms with van der Waals surface area (Å²) in [6.45, 7) is 13.7. The van der Waals surface area contributed by atoms with Crippen molar-refractivity contribution in [3.8, 4) is 24.2 Å². The Bertz CT molecular complexity index is 2560. The third kappa shape index (κ3) is 21.1. The number of hydrogen-bond donors (Lipinski definition) is 5. The van der Waals surface area contributed by atoms with Gasteiger partial charge in [-0.3, -0.25) is 4.39 Å². The number of pyridine rings is 4. The van der Waals surface area contributed by atoms with Gasteiger partial charge in [0.2, 0.25) is 0 Å². The minimum Gasteiger partial charge on any atom is -0.850 e. The maximum Gasteiger partial charge on any atom is 1.00 e. The molecule has 10 rings (SSSR count). The molecule has 358 valence electrons. The summed E-state index contributed by atoms with van der Waals surface area (Å²) in [6, 6.07) is 11.6. The topological polar surface area (TPSA) is 184 Å². The van der Waals surface area contributed by atoms with Crippen molar-refractivity contribution in [2.24, 2.45) is 10.8 Å². The SMILES string of the molecule is C.C.C#CC1(C)CC1.CC(C)(C)[O-].CC1(C#Cc2cc(Cl)ncc2N)CC1.CC1(c2cc3cc(Cl)ncc3[nH]2)CC1.CC1(c2cc3cc(N)ncc3[nH]2)CC1.Nc1cnc(Cl)cc1I.[2H]CF.[K+]. The molecule has 4 saturated carbocycles. The van der Waals surface area contributed by atoms with Gasteiger partial charge in [0.1, 0.15) is 21.3 Å². The Morgan fingerprint density at radius 2 is 1.10 bits per heavy atom. The van der Waals surface area contributed by atoms with Gasteiger partial charge < -0.3 is 32.3 Å². The molecule has 8 N–H and O–H groups in total. The third-order valence-electron chi connectivity index (χ3n) is 10.9. The Hall–Kier alpha value is -2.67. The van der Waals surface area contributed by atoms with Gasteiger partial charge in [-0.15, -0.1) is 17.9 Å². The molecular weight excluding hydrogens is 1050 g/mol. The summed E-state index contributed by atoms with van der Waals surface area (Å²) in [4.78, 5) is 22.6. The predicted molar refractivity (Wildman–Crippen MR) is 285 cm³/mol. The molecule has 0 bridgehead atoms. The van der Waals surface area contributed by atoms with Crippen LogP contribution in [0.15, 0.2) is 61.2 Å². The number of halogens is 5. The van der Waals surface area contributed by atoms with Crippen LogP contribution in [0.2, 0.25) is 15.5 Å². The van der Waals surface area contributed by atoms with Crippen LogP contribution in [0.25, 0.3) is 21.8 Å². The van der Waals surface area contributed by atoms with E-state index in [9.17, 15) is 9.50 Å². The van der Waals surface area contributed by atoms with E-state index in [4.69, 9.17) is 59.8 Å². The molecule has 0 spiro atoms. The maximum atomic E-state index is 10.1. The number of hydrogen-bond acceptors (Lipinski definition) is 8. The molecule has 0 saturated heterocycles. The molecule has 6 aromatic rings. The van der Waals surface area contributed by atoms with Gasteiger partial charge in [-0.2, -0.15) is 0 Å². The number of nitrogens with zero attached hydrogens (tertiary/aromatic N) is 4. The molecule has 0 atom stereocenters. The summed E-state index contributed by atoms with van der Waals surface area (Å²) in [7, 11) is -1.00. The number of alkyl halides is 1. The molecule has 0 aliphatic heterocycles. The zero-order valence-electron chi connectivity index (χ0n) is 39.5. The third-order valence-corrected chi connectivity index (χ3v) is 12.5. The number of aromatic nitrogens is 6. The second kappa shape index (κ2) is 26.5. The monoisotopic (exact) mass is 1110 g/mol. The first kappa shape index (κ1) is 60.4. The number of H-pyrrole nitrogens is 2. The summed E-state index contributed by atoms with van der Waals surface area (Å²) >= 11 is 19.2. The van der Waals surface area contributed by atoms with Crippen molar-refractivity contribution in [3.05, 3.63) is 97.2 Å². The van der Waals surface area contributed by atoms with E-state index in [0.29, 0.717) is 48.9 Å². The normalized spacial score (nSPS) is 16.1. The van der Waals surface area contributed by atoms with Gasteiger partial charge in [0.05, 0.1) is 61.3 Å². The largest absolute Gasteiger partial charge is 1.00 e. The number of anilines is 3. The van der Waals surface area contributed by atoms with Gasteiger partial charge in [0.15, 0.2) is 0 Å². The first-order chi connectivity index (χ1) is 30.3. The Balaban J connectivity index is 0.000000413. The van der Waals surface area contributed by atoms with E-state index in [2.05, 4.69) is 110 Å². The van der Waals surface area contributed by atoms with E-state index < -0.39 is 12.8 Å². The van der Waals surface area contributed by atoms with Crippen molar-refractivity contribution in [2.75, 3.05) is 24.4 Å². The van der Waals surface area contributed by atoms with E-state index in [1.165, 1.54) is 68.1 Å². The fourth-order valence-corrected chi connectivity index (χ4v) is 6.55. The molecule has 10 nitrogen and oxygen atoms in total. The minimum absolute atomic E-state index is 0. The number of fused-ring (bicyclic) bond motifs is 2. The number of rotatable bonds is 2. The predicted octanol–water partition coefficient (Wildman–Crippen LogP) is 10.3. The van der Waals surface area contributed by atoms with Crippen molar-refractivity contribution >= 4 is 96.4 Å². The Kier molecular flexibility index (Phi) is 23.9. The van der Waals surface area contributed by atoms with Gasteiger partial charge in [-0.1, -0.05) is 96.1 Å². The van der Waals surface area contributed by atoms with Crippen LogP contribution < -0.4 is 73.7 Å². The minimum atomic E-state index is -1.00. The van der Waals surface area contributed by atoms with Crippen molar-refractivity contribution in [1.82, 2.24) is 29.9 Å². The van der Waals surface area contributed by atoms with Crippen LogP contribution in [0.4, 0.5) is 21.6 Å². The van der Waals surface area contributed by atoms with Crippen LogP contribution in [0.1, 0.15) is 133 Å². The molecular formula is C51H67Cl3FIKN9O. The molecule has 0 unspecified atom stereocenters. The number of nitrogen functional groups attached to an aromatic ring is 3. The van der Waals surface area contributed by atoms with Gasteiger partial charge >= 0.3 is 51.4 Å². The molecule has 6 heterocycles. The van der Waals surface area contributed by atoms with Crippen LogP contribution in [0.5, 0.6) is 0 Å². The van der Waals surface area contributed by atoms with E-state index in [1.807, 2.05) is 12.1 Å². The summed E-state index contributed by atoms with van der Waals surface area (Å²) in [5.41, 5.74) is 24.2. The fraction of sp³-hybridized carbons (Fsp3) is 0.451. The van der Waals surface area contributed by atoms with E-state index in [-0.39, 0.29) is 71.7 Å². The molecule has 4 aliphatic carbocycles. The summed E-state index contributed by atoms with van der Waals surface area (Å²) in [5, 5.41) is 13.9. The van der Waals surface area contributed by atoms with Gasteiger partial charge in [0, 0.05) is 47.4 Å². The van der Waals surface area contributed by atoms with Crippen LogP contribution in [-0.4, -0.2) is 42.7 Å². The van der Waals surface area contributed by atoms with E-state index in [0.717, 1.165) is 25.6 Å². The smallest absolute Gasteiger partial charge is 0.850 e. The zero-order chi connectivity index (χ0) is 48.4. The van der Waals surface area contributed by atoms with Crippen molar-refractivity contribution < 1.29 is 62.3 Å². The molecule has 16 heteroatoms. The van der Waals surface area contributed by atoms with Gasteiger partial charge in [0.25, 0.3) is 0 Å². The van der Waals surface area contributed by atoms with Gasteiger partial charge in [-0.05, 0) is 124 Å².